The second kappa shape index (κ2) is 8.85. The van der Waals surface area contributed by atoms with E-state index >= 15 is 0 Å². The first-order valence-electron chi connectivity index (χ1n) is 10.3. The Morgan fingerprint density at radius 1 is 1.16 bits per heavy atom. The molecule has 0 N–H and O–H groups in total. The highest BCUT2D eigenvalue weighted by Gasteiger charge is 2.48. The maximum absolute atomic E-state index is 14.9. The van der Waals surface area contributed by atoms with Crippen LogP contribution in [0, 0.1) is 11.7 Å². The monoisotopic (exact) mass is 425 g/mol. The number of anilines is 1. The lowest BCUT2D eigenvalue weighted by atomic mass is 9.89. The zero-order valence-corrected chi connectivity index (χ0v) is 17.5. The predicted octanol–water partition coefficient (Wildman–Crippen LogP) is 3.33. The molecule has 0 saturated heterocycles. The van der Waals surface area contributed by atoms with E-state index in [4.69, 9.17) is 9.47 Å². The van der Waals surface area contributed by atoms with Gasteiger partial charge in [-0.25, -0.2) is 9.37 Å². The van der Waals surface area contributed by atoms with E-state index in [2.05, 4.69) is 4.98 Å². The molecule has 8 heteroatoms. The van der Waals surface area contributed by atoms with Crippen molar-refractivity contribution in [2.45, 2.75) is 19.4 Å². The van der Waals surface area contributed by atoms with E-state index in [1.807, 2.05) is 24.3 Å². The summed E-state index contributed by atoms with van der Waals surface area (Å²) < 4.78 is 27.1. The minimum atomic E-state index is -1.23. The molecule has 4 rings (SSSR count). The second-order valence-electron chi connectivity index (χ2n) is 7.30. The molecule has 0 radical (unpaired) electrons. The molecule has 1 aliphatic rings. The highest BCUT2D eigenvalue weighted by molar-refractivity contribution is 6.08. The van der Waals surface area contributed by atoms with Crippen molar-refractivity contribution in [2.24, 2.45) is 5.92 Å². The second-order valence-corrected chi connectivity index (χ2v) is 7.30. The lowest BCUT2D eigenvalue weighted by Gasteiger charge is -2.38. The van der Waals surface area contributed by atoms with E-state index in [1.165, 1.54) is 11.0 Å². The number of carbonyl (C=O) groups is 2. The number of hydrogen-bond acceptors (Lipinski definition) is 5. The fourth-order valence-corrected chi connectivity index (χ4v) is 4.12. The van der Waals surface area contributed by atoms with Crippen LogP contribution in [0.3, 0.4) is 0 Å². The summed E-state index contributed by atoms with van der Waals surface area (Å²) in [5.74, 6) is -2.47. The quantitative estimate of drug-likeness (QED) is 0.330. The van der Waals surface area contributed by atoms with Crippen molar-refractivity contribution >= 4 is 28.9 Å². The number of rotatable bonds is 7. The van der Waals surface area contributed by atoms with E-state index < -0.39 is 29.7 Å². The van der Waals surface area contributed by atoms with Gasteiger partial charge < -0.3 is 14.0 Å². The normalized spacial score (nSPS) is 18.3. The molecular formula is C23H24FN3O4. The van der Waals surface area contributed by atoms with E-state index in [1.54, 1.807) is 36.8 Å². The number of amides is 1. The van der Waals surface area contributed by atoms with Crippen LogP contribution < -0.4 is 4.90 Å². The van der Waals surface area contributed by atoms with Gasteiger partial charge >= 0.3 is 5.97 Å². The number of nitrogens with zero attached hydrogens (tertiary/aromatic N) is 3. The Balaban J connectivity index is 1.96. The smallest absolute Gasteiger partial charge is 0.321 e. The summed E-state index contributed by atoms with van der Waals surface area (Å²) >= 11 is 0. The molecule has 3 aromatic rings. The maximum Gasteiger partial charge on any atom is 0.321 e. The van der Waals surface area contributed by atoms with Crippen LogP contribution in [-0.4, -0.2) is 48.3 Å². The number of benzene rings is 2. The summed E-state index contributed by atoms with van der Waals surface area (Å²) in [6, 6.07) is 12.7. The number of imidazole rings is 1. The van der Waals surface area contributed by atoms with Crippen molar-refractivity contribution in [3.63, 3.8) is 0 Å². The topological polar surface area (TPSA) is 73.7 Å². The Labute approximate surface area is 179 Å². The third kappa shape index (κ3) is 3.67. The van der Waals surface area contributed by atoms with Gasteiger partial charge in [-0.1, -0.05) is 30.3 Å². The van der Waals surface area contributed by atoms with E-state index in [-0.39, 0.29) is 12.2 Å². The molecular weight excluding hydrogens is 401 g/mol. The van der Waals surface area contributed by atoms with Gasteiger partial charge in [0.25, 0.3) is 0 Å². The number of ether oxygens (including phenoxy) is 2. The number of esters is 1. The molecule has 0 aliphatic carbocycles. The minimum absolute atomic E-state index is 0.119. The summed E-state index contributed by atoms with van der Waals surface area (Å²) in [4.78, 5) is 32.7. The summed E-state index contributed by atoms with van der Waals surface area (Å²) in [7, 11) is 1.59. The molecule has 0 saturated carbocycles. The molecule has 31 heavy (non-hydrogen) atoms. The molecule has 2 heterocycles. The van der Waals surface area contributed by atoms with Gasteiger partial charge in [0.05, 0.1) is 23.7 Å². The van der Waals surface area contributed by atoms with E-state index in [9.17, 15) is 14.0 Å². The molecule has 2 atom stereocenters. The Morgan fingerprint density at radius 3 is 2.65 bits per heavy atom. The first kappa shape index (κ1) is 21.0. The predicted molar refractivity (Wildman–Crippen MR) is 113 cm³/mol. The summed E-state index contributed by atoms with van der Waals surface area (Å²) in [6.07, 6.45) is 0.561. The lowest BCUT2D eigenvalue weighted by molar-refractivity contribution is -0.153. The van der Waals surface area contributed by atoms with Crippen molar-refractivity contribution in [1.29, 1.82) is 0 Å². The molecule has 0 unspecified atom stereocenters. The van der Waals surface area contributed by atoms with Gasteiger partial charge in [-0.3, -0.25) is 14.5 Å². The average molecular weight is 425 g/mol. The van der Waals surface area contributed by atoms with Crippen molar-refractivity contribution in [1.82, 2.24) is 9.55 Å². The van der Waals surface area contributed by atoms with Crippen LogP contribution in [-0.2, 0) is 19.1 Å². The minimum Gasteiger partial charge on any atom is -0.465 e. The van der Waals surface area contributed by atoms with Gasteiger partial charge in [-0.05, 0) is 31.5 Å². The average Bonchev–Trinajstić information content (AvgIpc) is 3.14. The third-order valence-corrected chi connectivity index (χ3v) is 5.44. The fraction of sp³-hybridized carbons (Fsp3) is 0.348. The number of aromatic nitrogens is 2. The number of hydrogen-bond donors (Lipinski definition) is 0. The molecule has 0 bridgehead atoms. The number of fused-ring (bicyclic) bond motifs is 3. The van der Waals surface area contributed by atoms with Crippen LogP contribution in [0.15, 0.2) is 48.5 Å². The van der Waals surface area contributed by atoms with Gasteiger partial charge in [0.2, 0.25) is 11.9 Å². The van der Waals surface area contributed by atoms with Crippen LogP contribution in [0.25, 0.3) is 11.0 Å². The molecule has 1 aliphatic heterocycles. The Hall–Kier alpha value is -3.26. The molecule has 1 aromatic heterocycles. The largest absolute Gasteiger partial charge is 0.465 e. The van der Waals surface area contributed by atoms with Gasteiger partial charge in [0.1, 0.15) is 5.82 Å². The van der Waals surface area contributed by atoms with Crippen molar-refractivity contribution < 1.29 is 23.5 Å². The number of methoxy groups -OCH3 is 1. The van der Waals surface area contributed by atoms with E-state index in [0.717, 1.165) is 0 Å². The van der Waals surface area contributed by atoms with Gasteiger partial charge in [0.15, 0.2) is 5.92 Å². The number of carbonyl (C=O) groups excluding carboxylic acids is 2. The molecule has 0 fully saturated rings. The summed E-state index contributed by atoms with van der Waals surface area (Å²) in [5.41, 5.74) is 1.62. The third-order valence-electron chi connectivity index (χ3n) is 5.44. The fourth-order valence-electron chi connectivity index (χ4n) is 4.12. The van der Waals surface area contributed by atoms with Crippen molar-refractivity contribution in [2.75, 3.05) is 31.8 Å². The molecule has 162 valence electrons. The molecule has 2 aromatic carbocycles. The number of halogens is 1. The molecule has 1 amide bonds. The van der Waals surface area contributed by atoms with Crippen molar-refractivity contribution in [3.8, 4) is 0 Å². The Morgan fingerprint density at radius 2 is 1.90 bits per heavy atom. The van der Waals surface area contributed by atoms with Crippen LogP contribution in [0.5, 0.6) is 0 Å². The maximum atomic E-state index is 14.9. The van der Waals surface area contributed by atoms with Crippen LogP contribution in [0.4, 0.5) is 10.3 Å². The van der Waals surface area contributed by atoms with E-state index in [0.29, 0.717) is 36.6 Å². The molecule has 0 spiro atoms. The van der Waals surface area contributed by atoms with Crippen LogP contribution in [0.1, 0.15) is 24.9 Å². The van der Waals surface area contributed by atoms with Gasteiger partial charge in [-0.15, -0.1) is 0 Å². The Kier molecular flexibility index (Phi) is 5.99. The van der Waals surface area contributed by atoms with Crippen LogP contribution >= 0.6 is 0 Å². The number of para-hydroxylation sites is 2. The molecule has 7 nitrogen and oxygen atoms in total. The zero-order valence-electron chi connectivity index (χ0n) is 17.5. The standard InChI is InChI=1S/C23H24FN3O4/c1-3-31-22(29)19-20(15-9-4-5-10-16(15)24)27-18-12-7-6-11-17(18)25-23(27)26(21(19)28)13-8-14-30-2/h4-7,9-12,19-20H,3,8,13-14H2,1-2H3/t19-,20-/m1/s1. The van der Waals surface area contributed by atoms with Crippen molar-refractivity contribution in [3.05, 3.63) is 59.9 Å². The Bertz CT molecular complexity index is 1110. The van der Waals surface area contributed by atoms with Crippen LogP contribution in [0.2, 0.25) is 0 Å². The first-order chi connectivity index (χ1) is 15.1. The lowest BCUT2D eigenvalue weighted by Crippen LogP contribution is -2.50. The van der Waals surface area contributed by atoms with Gasteiger partial charge in [-0.2, -0.15) is 0 Å². The summed E-state index contributed by atoms with van der Waals surface area (Å²) in [5, 5.41) is 0. The van der Waals surface area contributed by atoms with Gasteiger partial charge in [0, 0.05) is 25.8 Å². The zero-order chi connectivity index (χ0) is 22.0. The first-order valence-corrected chi connectivity index (χ1v) is 10.3. The SMILES string of the molecule is CCOC(=O)[C@H]1C(=O)N(CCCOC)c2nc3ccccc3n2[C@@H]1c1ccccc1F. The highest BCUT2D eigenvalue weighted by Crippen LogP contribution is 2.41. The summed E-state index contributed by atoms with van der Waals surface area (Å²) in [6.45, 7) is 2.56. The highest BCUT2D eigenvalue weighted by atomic mass is 19.1.